The van der Waals surface area contributed by atoms with Crippen molar-refractivity contribution < 1.29 is 4.79 Å². The second-order valence-corrected chi connectivity index (χ2v) is 7.23. The molecular weight excluding hydrogens is 344 g/mol. The lowest BCUT2D eigenvalue weighted by atomic mass is 10.1. The van der Waals surface area contributed by atoms with Gasteiger partial charge in [0.05, 0.1) is 5.75 Å². The van der Waals surface area contributed by atoms with Crippen LogP contribution in [0.25, 0.3) is 5.69 Å². The molecule has 1 heterocycles. The zero-order chi connectivity index (χ0) is 18.5. The molecule has 3 rings (SSSR count). The van der Waals surface area contributed by atoms with Crippen molar-refractivity contribution in [3.8, 4) is 5.69 Å². The Morgan fingerprint density at radius 3 is 2.58 bits per heavy atom. The Morgan fingerprint density at radius 2 is 1.85 bits per heavy atom. The number of hydrogen-bond acceptors (Lipinski definition) is 4. The number of carbonyl (C=O) groups excluding carboxylic acids is 1. The van der Waals surface area contributed by atoms with Crippen LogP contribution in [0, 0.1) is 13.8 Å². The number of carbonyl (C=O) groups is 1. The maximum atomic E-state index is 12.5. The molecule has 26 heavy (non-hydrogen) atoms. The number of benzene rings is 2. The first-order valence-electron chi connectivity index (χ1n) is 8.43. The van der Waals surface area contributed by atoms with Crippen molar-refractivity contribution in [2.45, 2.75) is 25.5 Å². The minimum Gasteiger partial charge on any atom is -0.341 e. The summed E-state index contributed by atoms with van der Waals surface area (Å²) in [6.07, 6.45) is 1.68. The average molecular weight is 366 g/mol. The molecule has 0 radical (unpaired) electrons. The van der Waals surface area contributed by atoms with Gasteiger partial charge in [0.15, 0.2) is 5.16 Å². The third-order valence-corrected chi connectivity index (χ3v) is 5.18. The fourth-order valence-electron chi connectivity index (χ4n) is 2.57. The summed E-state index contributed by atoms with van der Waals surface area (Å²) in [5.41, 5.74) is 4.54. The van der Waals surface area contributed by atoms with Crippen LogP contribution >= 0.6 is 11.8 Å². The van der Waals surface area contributed by atoms with Gasteiger partial charge in [0.25, 0.3) is 0 Å². The number of hydrogen-bond donors (Lipinski definition) is 0. The monoisotopic (exact) mass is 366 g/mol. The van der Waals surface area contributed by atoms with Gasteiger partial charge in [-0.05, 0) is 37.1 Å². The van der Waals surface area contributed by atoms with Gasteiger partial charge in [-0.25, -0.2) is 0 Å². The summed E-state index contributed by atoms with van der Waals surface area (Å²) < 4.78 is 1.90. The van der Waals surface area contributed by atoms with E-state index in [1.807, 2.05) is 48.0 Å². The van der Waals surface area contributed by atoms with Gasteiger partial charge < -0.3 is 4.90 Å². The van der Waals surface area contributed by atoms with Crippen LogP contribution in [-0.2, 0) is 11.3 Å². The molecule has 0 N–H and O–H groups in total. The van der Waals surface area contributed by atoms with Crippen LogP contribution in [0.4, 0.5) is 0 Å². The van der Waals surface area contributed by atoms with Gasteiger partial charge in [0, 0.05) is 19.3 Å². The third-order valence-electron chi connectivity index (χ3n) is 4.25. The highest BCUT2D eigenvalue weighted by atomic mass is 32.2. The number of amides is 1. The van der Waals surface area contributed by atoms with Crippen molar-refractivity contribution in [1.29, 1.82) is 0 Å². The highest BCUT2D eigenvalue weighted by Gasteiger charge is 2.14. The maximum Gasteiger partial charge on any atom is 0.233 e. The van der Waals surface area contributed by atoms with E-state index in [0.29, 0.717) is 17.5 Å². The molecule has 2 aromatic carbocycles. The Labute approximate surface area is 158 Å². The van der Waals surface area contributed by atoms with Crippen molar-refractivity contribution in [3.63, 3.8) is 0 Å². The van der Waals surface area contributed by atoms with E-state index in [-0.39, 0.29) is 5.91 Å². The second-order valence-electron chi connectivity index (χ2n) is 6.28. The topological polar surface area (TPSA) is 51.0 Å². The summed E-state index contributed by atoms with van der Waals surface area (Å²) in [6, 6.07) is 16.3. The molecule has 0 spiro atoms. The highest BCUT2D eigenvalue weighted by Crippen LogP contribution is 2.20. The largest absolute Gasteiger partial charge is 0.341 e. The van der Waals surface area contributed by atoms with Gasteiger partial charge >= 0.3 is 0 Å². The molecule has 0 atom stereocenters. The van der Waals surface area contributed by atoms with Crippen LogP contribution < -0.4 is 0 Å². The summed E-state index contributed by atoms with van der Waals surface area (Å²) in [4.78, 5) is 14.2. The van der Waals surface area contributed by atoms with E-state index < -0.39 is 0 Å². The van der Waals surface area contributed by atoms with Crippen LogP contribution in [-0.4, -0.2) is 38.4 Å². The molecule has 0 saturated carbocycles. The SMILES string of the molecule is Cc1ccc(-n2cnnc2SCC(=O)N(C)Cc2ccccc2C)cc1. The van der Waals surface area contributed by atoms with Crippen molar-refractivity contribution in [2.75, 3.05) is 12.8 Å². The van der Waals surface area contributed by atoms with E-state index in [4.69, 9.17) is 0 Å². The smallest absolute Gasteiger partial charge is 0.233 e. The van der Waals surface area contributed by atoms with Crippen LogP contribution in [0.2, 0.25) is 0 Å². The van der Waals surface area contributed by atoms with E-state index in [9.17, 15) is 4.79 Å². The van der Waals surface area contributed by atoms with Crippen LogP contribution in [0.15, 0.2) is 60.0 Å². The minimum absolute atomic E-state index is 0.0664. The van der Waals surface area contributed by atoms with Crippen molar-refractivity contribution in [2.24, 2.45) is 0 Å². The van der Waals surface area contributed by atoms with Gasteiger partial charge in [-0.1, -0.05) is 53.7 Å². The first-order chi connectivity index (χ1) is 12.5. The molecule has 0 aliphatic rings. The molecule has 0 bridgehead atoms. The number of thioether (sulfide) groups is 1. The normalized spacial score (nSPS) is 10.7. The Bertz CT molecular complexity index is 889. The van der Waals surface area contributed by atoms with Crippen molar-refractivity contribution >= 4 is 17.7 Å². The maximum absolute atomic E-state index is 12.5. The molecule has 134 valence electrons. The number of nitrogens with zero attached hydrogens (tertiary/aromatic N) is 4. The summed E-state index contributed by atoms with van der Waals surface area (Å²) in [7, 11) is 1.83. The summed E-state index contributed by atoms with van der Waals surface area (Å²) in [6.45, 7) is 4.72. The third kappa shape index (κ3) is 4.32. The van der Waals surface area contributed by atoms with E-state index in [1.165, 1.54) is 22.9 Å². The molecule has 0 aliphatic heterocycles. The van der Waals surface area contributed by atoms with Crippen LogP contribution in [0.3, 0.4) is 0 Å². The van der Waals surface area contributed by atoms with Gasteiger partial charge in [0.1, 0.15) is 6.33 Å². The summed E-state index contributed by atoms with van der Waals surface area (Å²) in [5, 5.41) is 8.85. The molecular formula is C20H22N4OS. The van der Waals surface area contributed by atoms with E-state index in [0.717, 1.165) is 11.3 Å². The zero-order valence-electron chi connectivity index (χ0n) is 15.2. The molecule has 6 heteroatoms. The highest BCUT2D eigenvalue weighted by molar-refractivity contribution is 7.99. The summed E-state index contributed by atoms with van der Waals surface area (Å²) in [5.74, 6) is 0.393. The molecule has 0 fully saturated rings. The lowest BCUT2D eigenvalue weighted by Crippen LogP contribution is -2.28. The summed E-state index contributed by atoms with van der Waals surface area (Å²) >= 11 is 1.40. The van der Waals surface area contributed by atoms with Crippen molar-refractivity contribution in [3.05, 3.63) is 71.5 Å². The fourth-order valence-corrected chi connectivity index (χ4v) is 3.44. The molecule has 3 aromatic rings. The van der Waals surface area contributed by atoms with Gasteiger partial charge in [-0.15, -0.1) is 10.2 Å². The first-order valence-corrected chi connectivity index (χ1v) is 9.41. The predicted molar refractivity (Wildman–Crippen MR) is 104 cm³/mol. The number of rotatable bonds is 6. The molecule has 0 saturated heterocycles. The lowest BCUT2D eigenvalue weighted by molar-refractivity contribution is -0.127. The van der Waals surface area contributed by atoms with Gasteiger partial charge in [0.2, 0.25) is 5.91 Å². The van der Waals surface area contributed by atoms with Crippen LogP contribution in [0.1, 0.15) is 16.7 Å². The standard InChI is InChI=1S/C20H22N4OS/c1-15-8-10-18(11-9-15)24-14-21-22-20(24)26-13-19(25)23(3)12-17-7-5-4-6-16(17)2/h4-11,14H,12-13H2,1-3H3. The predicted octanol–water partition coefficient (Wildman–Crippen LogP) is 3.63. The van der Waals surface area contributed by atoms with Crippen molar-refractivity contribution in [1.82, 2.24) is 19.7 Å². The molecule has 5 nitrogen and oxygen atoms in total. The van der Waals surface area contributed by atoms with E-state index in [1.54, 1.807) is 11.2 Å². The minimum atomic E-state index is 0.0664. The average Bonchev–Trinajstić information content (AvgIpc) is 3.10. The van der Waals surface area contributed by atoms with Crippen LogP contribution in [0.5, 0.6) is 0 Å². The fraction of sp³-hybridized carbons (Fsp3) is 0.250. The Hall–Kier alpha value is -2.60. The van der Waals surface area contributed by atoms with E-state index >= 15 is 0 Å². The van der Waals surface area contributed by atoms with Gasteiger partial charge in [-0.3, -0.25) is 9.36 Å². The molecule has 0 unspecified atom stereocenters. The Kier molecular flexibility index (Phi) is 5.73. The Morgan fingerprint density at radius 1 is 1.12 bits per heavy atom. The zero-order valence-corrected chi connectivity index (χ0v) is 16.0. The quantitative estimate of drug-likeness (QED) is 0.625. The lowest BCUT2D eigenvalue weighted by Gasteiger charge is -2.18. The number of aryl methyl sites for hydroxylation is 2. The second kappa shape index (κ2) is 8.19. The number of aromatic nitrogens is 3. The van der Waals surface area contributed by atoms with Gasteiger partial charge in [-0.2, -0.15) is 0 Å². The molecule has 1 amide bonds. The first kappa shape index (κ1) is 18.2. The molecule has 0 aliphatic carbocycles. The molecule has 1 aromatic heterocycles. The Balaban J connectivity index is 1.62. The van der Waals surface area contributed by atoms with E-state index in [2.05, 4.69) is 36.2 Å².